The van der Waals surface area contributed by atoms with Gasteiger partial charge in [-0.15, -0.1) is 11.8 Å². The van der Waals surface area contributed by atoms with Gasteiger partial charge in [-0.1, -0.05) is 0 Å². The van der Waals surface area contributed by atoms with Crippen molar-refractivity contribution in [2.45, 2.75) is 18.9 Å². The standard InChI is InChI=1S/C8H11ClN2O2S2/c1-6-5-8(11-7(2)10-6)14-3-4-15(9,12)13/h5H,3-4H2,1-2H3. The fourth-order valence-corrected chi connectivity index (χ4v) is 3.36. The zero-order chi connectivity index (χ0) is 11.5. The van der Waals surface area contributed by atoms with Crippen LogP contribution in [0.5, 0.6) is 0 Å². The third-order valence-electron chi connectivity index (χ3n) is 1.52. The van der Waals surface area contributed by atoms with Gasteiger partial charge in [0, 0.05) is 22.1 Å². The zero-order valence-electron chi connectivity index (χ0n) is 8.40. The van der Waals surface area contributed by atoms with E-state index in [0.717, 1.165) is 10.7 Å². The Morgan fingerprint density at radius 2 is 2.07 bits per heavy atom. The Bertz CT molecular complexity index is 428. The van der Waals surface area contributed by atoms with Crippen molar-refractivity contribution in [1.82, 2.24) is 9.97 Å². The van der Waals surface area contributed by atoms with Crippen LogP contribution in [-0.2, 0) is 9.05 Å². The first-order valence-electron chi connectivity index (χ1n) is 4.24. The monoisotopic (exact) mass is 266 g/mol. The Morgan fingerprint density at radius 1 is 1.40 bits per heavy atom. The average molecular weight is 267 g/mol. The molecule has 0 aliphatic rings. The highest BCUT2D eigenvalue weighted by Gasteiger charge is 2.06. The number of aryl methyl sites for hydroxylation is 2. The summed E-state index contributed by atoms with van der Waals surface area (Å²) in [5.74, 6) is 1.04. The molecule has 0 N–H and O–H groups in total. The molecule has 0 saturated heterocycles. The van der Waals surface area contributed by atoms with Crippen molar-refractivity contribution in [3.63, 3.8) is 0 Å². The third kappa shape index (κ3) is 5.34. The number of aromatic nitrogens is 2. The van der Waals surface area contributed by atoms with Crippen molar-refractivity contribution in [1.29, 1.82) is 0 Å². The Balaban J connectivity index is 2.58. The van der Waals surface area contributed by atoms with Gasteiger partial charge in [0.2, 0.25) is 9.05 Å². The molecule has 0 saturated carbocycles. The molecule has 0 bridgehead atoms. The lowest BCUT2D eigenvalue weighted by atomic mass is 10.4. The number of hydrogen-bond donors (Lipinski definition) is 0. The highest BCUT2D eigenvalue weighted by atomic mass is 35.7. The average Bonchev–Trinajstić information content (AvgIpc) is 1.99. The van der Waals surface area contributed by atoms with Crippen molar-refractivity contribution >= 4 is 31.5 Å². The second-order valence-electron chi connectivity index (χ2n) is 2.99. The van der Waals surface area contributed by atoms with Crippen LogP contribution in [0.2, 0.25) is 0 Å². The molecular weight excluding hydrogens is 256 g/mol. The molecule has 0 atom stereocenters. The van der Waals surface area contributed by atoms with Gasteiger partial charge in [0.05, 0.1) is 10.8 Å². The van der Waals surface area contributed by atoms with E-state index in [1.807, 2.05) is 13.0 Å². The Morgan fingerprint density at radius 3 is 2.60 bits per heavy atom. The second kappa shape index (κ2) is 5.14. The summed E-state index contributed by atoms with van der Waals surface area (Å²) in [5, 5.41) is 0.778. The summed E-state index contributed by atoms with van der Waals surface area (Å²) < 4.78 is 21.3. The van der Waals surface area contributed by atoms with E-state index >= 15 is 0 Å². The lowest BCUT2D eigenvalue weighted by Gasteiger charge is -2.01. The number of nitrogens with zero attached hydrogens (tertiary/aromatic N) is 2. The molecule has 0 unspecified atom stereocenters. The number of hydrogen-bond acceptors (Lipinski definition) is 5. The molecule has 0 aliphatic carbocycles. The van der Waals surface area contributed by atoms with E-state index in [0.29, 0.717) is 11.6 Å². The van der Waals surface area contributed by atoms with Crippen molar-refractivity contribution in [2.24, 2.45) is 0 Å². The first-order valence-corrected chi connectivity index (χ1v) is 7.70. The van der Waals surface area contributed by atoms with Crippen molar-refractivity contribution in [2.75, 3.05) is 11.5 Å². The van der Waals surface area contributed by atoms with Gasteiger partial charge in [-0.05, 0) is 19.9 Å². The molecule has 1 aromatic rings. The highest BCUT2D eigenvalue weighted by Crippen LogP contribution is 2.16. The van der Waals surface area contributed by atoms with E-state index in [9.17, 15) is 8.42 Å². The van der Waals surface area contributed by atoms with E-state index in [2.05, 4.69) is 9.97 Å². The second-order valence-corrected chi connectivity index (χ2v) is 7.00. The Labute approximate surface area is 97.9 Å². The fourth-order valence-electron chi connectivity index (χ4n) is 1.00. The summed E-state index contributed by atoms with van der Waals surface area (Å²) in [5.41, 5.74) is 0.874. The molecule has 4 nitrogen and oxygen atoms in total. The quantitative estimate of drug-likeness (QED) is 0.472. The molecule has 0 fully saturated rings. The lowest BCUT2D eigenvalue weighted by molar-refractivity contribution is 0.611. The lowest BCUT2D eigenvalue weighted by Crippen LogP contribution is -2.00. The van der Waals surface area contributed by atoms with E-state index in [-0.39, 0.29) is 5.75 Å². The van der Waals surface area contributed by atoms with Gasteiger partial charge in [0.1, 0.15) is 5.82 Å². The molecule has 1 rings (SSSR count). The van der Waals surface area contributed by atoms with Crippen LogP contribution >= 0.6 is 22.4 Å². The summed E-state index contributed by atoms with van der Waals surface area (Å²) in [6.45, 7) is 3.67. The predicted octanol–water partition coefficient (Wildman–Crippen LogP) is 1.75. The summed E-state index contributed by atoms with van der Waals surface area (Å²) in [4.78, 5) is 8.29. The van der Waals surface area contributed by atoms with Gasteiger partial charge in [0.15, 0.2) is 0 Å². The molecular formula is C8H11ClN2O2S2. The van der Waals surface area contributed by atoms with Crippen LogP contribution < -0.4 is 0 Å². The maximum absolute atomic E-state index is 10.7. The topological polar surface area (TPSA) is 59.9 Å². The van der Waals surface area contributed by atoms with E-state index in [1.54, 1.807) is 6.92 Å². The maximum atomic E-state index is 10.7. The molecule has 0 aliphatic heterocycles. The van der Waals surface area contributed by atoms with Crippen LogP contribution in [0.15, 0.2) is 11.1 Å². The van der Waals surface area contributed by atoms with Gasteiger partial charge >= 0.3 is 0 Å². The molecule has 0 spiro atoms. The molecule has 7 heteroatoms. The van der Waals surface area contributed by atoms with Crippen molar-refractivity contribution in [3.8, 4) is 0 Å². The minimum atomic E-state index is -3.41. The molecule has 1 heterocycles. The first-order chi connectivity index (χ1) is 6.87. The molecule has 15 heavy (non-hydrogen) atoms. The molecule has 0 amide bonds. The number of thioether (sulfide) groups is 1. The van der Waals surface area contributed by atoms with Crippen molar-refractivity contribution in [3.05, 3.63) is 17.6 Å². The van der Waals surface area contributed by atoms with Gasteiger partial charge in [-0.25, -0.2) is 18.4 Å². The Hall–Kier alpha value is -0.330. The predicted molar refractivity (Wildman–Crippen MR) is 61.9 cm³/mol. The molecule has 1 aromatic heterocycles. The first kappa shape index (κ1) is 12.7. The molecule has 0 aromatic carbocycles. The zero-order valence-corrected chi connectivity index (χ0v) is 10.8. The van der Waals surface area contributed by atoms with Crippen LogP contribution in [0.3, 0.4) is 0 Å². The highest BCUT2D eigenvalue weighted by molar-refractivity contribution is 8.14. The Kier molecular flexibility index (Phi) is 4.36. The molecule has 84 valence electrons. The third-order valence-corrected chi connectivity index (χ3v) is 3.85. The summed E-state index contributed by atoms with van der Waals surface area (Å²) in [7, 11) is 1.68. The van der Waals surface area contributed by atoms with E-state index in [1.165, 1.54) is 11.8 Å². The van der Waals surface area contributed by atoms with Crippen LogP contribution in [0, 0.1) is 13.8 Å². The summed E-state index contributed by atoms with van der Waals surface area (Å²) in [6.07, 6.45) is 0. The van der Waals surface area contributed by atoms with Gasteiger partial charge in [-0.2, -0.15) is 0 Å². The van der Waals surface area contributed by atoms with Gasteiger partial charge in [0.25, 0.3) is 0 Å². The van der Waals surface area contributed by atoms with Crippen molar-refractivity contribution < 1.29 is 8.42 Å². The number of halogens is 1. The van der Waals surface area contributed by atoms with Gasteiger partial charge in [-0.3, -0.25) is 0 Å². The van der Waals surface area contributed by atoms with E-state index < -0.39 is 9.05 Å². The maximum Gasteiger partial charge on any atom is 0.233 e. The van der Waals surface area contributed by atoms with Crippen LogP contribution in [-0.4, -0.2) is 29.9 Å². The normalized spacial score (nSPS) is 11.7. The minimum absolute atomic E-state index is 0.0542. The fraction of sp³-hybridized carbons (Fsp3) is 0.500. The van der Waals surface area contributed by atoms with Crippen LogP contribution in [0.1, 0.15) is 11.5 Å². The summed E-state index contributed by atoms with van der Waals surface area (Å²) in [6, 6.07) is 1.82. The minimum Gasteiger partial charge on any atom is -0.238 e. The van der Waals surface area contributed by atoms with Crippen LogP contribution in [0.25, 0.3) is 0 Å². The largest absolute Gasteiger partial charge is 0.238 e. The number of rotatable bonds is 4. The summed E-state index contributed by atoms with van der Waals surface area (Å²) >= 11 is 1.36. The smallest absolute Gasteiger partial charge is 0.233 e. The van der Waals surface area contributed by atoms with E-state index in [4.69, 9.17) is 10.7 Å². The SMILES string of the molecule is Cc1cc(SCCS(=O)(=O)Cl)nc(C)n1. The van der Waals surface area contributed by atoms with Gasteiger partial charge < -0.3 is 0 Å². The molecule has 0 radical (unpaired) electrons. The van der Waals surface area contributed by atoms with Crippen LogP contribution in [0.4, 0.5) is 0 Å².